The average Bonchev–Trinajstić information content (AvgIpc) is 3.09. The lowest BCUT2D eigenvalue weighted by Crippen LogP contribution is -2.31. The Hall–Kier alpha value is -2.16. The number of aromatic nitrogens is 3. The molecule has 1 unspecified atom stereocenters. The zero-order valence-electron chi connectivity index (χ0n) is 20.7. The van der Waals surface area contributed by atoms with E-state index in [2.05, 4.69) is 28.6 Å². The van der Waals surface area contributed by atoms with E-state index < -0.39 is 11.8 Å². The molecule has 8 nitrogen and oxygen atoms in total. The fourth-order valence-corrected chi connectivity index (χ4v) is 4.78. The summed E-state index contributed by atoms with van der Waals surface area (Å²) in [6, 6.07) is 5.76. The van der Waals surface area contributed by atoms with Gasteiger partial charge in [0.2, 0.25) is 0 Å². The summed E-state index contributed by atoms with van der Waals surface area (Å²) in [6.45, 7) is 10.4. The van der Waals surface area contributed by atoms with Crippen molar-refractivity contribution in [3.63, 3.8) is 0 Å². The molecule has 2 heterocycles. The molecule has 0 N–H and O–H groups in total. The molecular weight excluding hydrogens is 456 g/mol. The molecule has 1 fully saturated rings. The molecule has 0 radical (unpaired) electrons. The van der Waals surface area contributed by atoms with Crippen molar-refractivity contribution in [2.75, 3.05) is 0 Å². The average molecular weight is 491 g/mol. The van der Waals surface area contributed by atoms with E-state index in [9.17, 15) is 4.79 Å². The molecular formula is C25H35ClN4O4. The van der Waals surface area contributed by atoms with Crippen LogP contribution in [0.4, 0.5) is 4.79 Å². The Balaban J connectivity index is 1.57. The number of hydroxylamine groups is 2. The highest BCUT2D eigenvalue weighted by atomic mass is 35.5. The SMILES string of the molecule is CCC(C)OC1CCC(c2nnc3n2-c2ccc(Cl)cc2CN(OC(=O)OC(C)(C)C)C3)CC1. The Morgan fingerprint density at radius 2 is 1.91 bits per heavy atom. The third kappa shape index (κ3) is 5.90. The molecule has 1 saturated carbocycles. The Morgan fingerprint density at radius 3 is 2.59 bits per heavy atom. The van der Waals surface area contributed by atoms with Crippen LogP contribution in [0, 0.1) is 0 Å². The second-order valence-corrected chi connectivity index (χ2v) is 10.7. The molecule has 0 bridgehead atoms. The normalized spacial score (nSPS) is 21.8. The molecule has 9 heteroatoms. The summed E-state index contributed by atoms with van der Waals surface area (Å²) in [6.07, 6.45) is 4.90. The Morgan fingerprint density at radius 1 is 1.18 bits per heavy atom. The second kappa shape index (κ2) is 10.2. The number of benzene rings is 1. The zero-order valence-corrected chi connectivity index (χ0v) is 21.5. The first-order valence-corrected chi connectivity index (χ1v) is 12.5. The molecule has 186 valence electrons. The first-order valence-electron chi connectivity index (χ1n) is 12.2. The third-order valence-electron chi connectivity index (χ3n) is 6.33. The molecule has 2 aliphatic rings. The molecule has 34 heavy (non-hydrogen) atoms. The van der Waals surface area contributed by atoms with Crippen molar-refractivity contribution in [3.05, 3.63) is 40.4 Å². The first kappa shape index (κ1) is 24.9. The number of nitrogens with zero attached hydrogens (tertiary/aromatic N) is 4. The van der Waals surface area contributed by atoms with Gasteiger partial charge >= 0.3 is 6.16 Å². The highest BCUT2D eigenvalue weighted by Crippen LogP contribution is 2.37. The van der Waals surface area contributed by atoms with E-state index in [1.807, 2.05) is 18.2 Å². The summed E-state index contributed by atoms with van der Waals surface area (Å²) >= 11 is 6.32. The Labute approximate surface area is 206 Å². The lowest BCUT2D eigenvalue weighted by Gasteiger charge is -2.30. The fourth-order valence-electron chi connectivity index (χ4n) is 4.58. The number of rotatable bonds is 5. The van der Waals surface area contributed by atoms with Crippen LogP contribution in [0.15, 0.2) is 18.2 Å². The van der Waals surface area contributed by atoms with Gasteiger partial charge in [-0.3, -0.25) is 4.57 Å². The highest BCUT2D eigenvalue weighted by molar-refractivity contribution is 6.30. The lowest BCUT2D eigenvalue weighted by molar-refractivity contribution is -0.155. The van der Waals surface area contributed by atoms with Gasteiger partial charge in [-0.15, -0.1) is 15.3 Å². The van der Waals surface area contributed by atoms with Crippen LogP contribution in [0.1, 0.15) is 89.9 Å². The van der Waals surface area contributed by atoms with Crippen molar-refractivity contribution in [2.45, 2.75) is 104 Å². The summed E-state index contributed by atoms with van der Waals surface area (Å²) in [5.41, 5.74) is 1.26. The van der Waals surface area contributed by atoms with Crippen LogP contribution in [-0.4, -0.2) is 43.8 Å². The topological polar surface area (TPSA) is 78.7 Å². The number of ether oxygens (including phenoxy) is 2. The molecule has 0 spiro atoms. The molecule has 1 aliphatic carbocycles. The minimum Gasteiger partial charge on any atom is -0.427 e. The molecule has 0 saturated heterocycles. The van der Waals surface area contributed by atoms with Gasteiger partial charge in [-0.05, 0) is 83.6 Å². The van der Waals surface area contributed by atoms with Gasteiger partial charge in [-0.25, -0.2) is 4.79 Å². The third-order valence-corrected chi connectivity index (χ3v) is 6.57. The van der Waals surface area contributed by atoms with Gasteiger partial charge in [0.1, 0.15) is 11.4 Å². The van der Waals surface area contributed by atoms with Crippen LogP contribution < -0.4 is 0 Å². The fraction of sp³-hybridized carbons (Fsp3) is 0.640. The number of halogens is 1. The van der Waals surface area contributed by atoms with Crippen molar-refractivity contribution in [1.82, 2.24) is 19.8 Å². The lowest BCUT2D eigenvalue weighted by atomic mass is 9.86. The van der Waals surface area contributed by atoms with Gasteiger partial charge in [0, 0.05) is 10.9 Å². The van der Waals surface area contributed by atoms with E-state index in [1.54, 1.807) is 25.8 Å². The van der Waals surface area contributed by atoms with Gasteiger partial charge in [-0.1, -0.05) is 18.5 Å². The molecule has 1 aliphatic heterocycles. The zero-order chi connectivity index (χ0) is 24.5. The van der Waals surface area contributed by atoms with Gasteiger partial charge in [0.15, 0.2) is 5.82 Å². The smallest absolute Gasteiger partial charge is 0.427 e. The summed E-state index contributed by atoms with van der Waals surface area (Å²) in [5, 5.41) is 11.3. The quantitative estimate of drug-likeness (QED) is 0.479. The van der Waals surface area contributed by atoms with Gasteiger partial charge < -0.3 is 14.3 Å². The van der Waals surface area contributed by atoms with Gasteiger partial charge in [-0.2, -0.15) is 0 Å². The number of hydrogen-bond donors (Lipinski definition) is 0. The summed E-state index contributed by atoms with van der Waals surface area (Å²) < 4.78 is 13.6. The summed E-state index contributed by atoms with van der Waals surface area (Å²) in [4.78, 5) is 17.9. The van der Waals surface area contributed by atoms with E-state index in [4.69, 9.17) is 25.9 Å². The number of carbonyl (C=O) groups excluding carboxylic acids is 1. The highest BCUT2D eigenvalue weighted by Gasteiger charge is 2.32. The molecule has 1 aromatic carbocycles. The maximum Gasteiger partial charge on any atom is 0.528 e. The molecule has 4 rings (SSSR count). The van der Waals surface area contributed by atoms with Crippen molar-refractivity contribution in [1.29, 1.82) is 0 Å². The minimum atomic E-state index is -0.746. The van der Waals surface area contributed by atoms with Crippen molar-refractivity contribution >= 4 is 17.8 Å². The predicted molar refractivity (Wildman–Crippen MR) is 129 cm³/mol. The van der Waals surface area contributed by atoms with Crippen LogP contribution in [0.3, 0.4) is 0 Å². The molecule has 2 aromatic rings. The maximum absolute atomic E-state index is 12.3. The molecule has 1 atom stereocenters. The monoisotopic (exact) mass is 490 g/mol. The van der Waals surface area contributed by atoms with E-state index >= 15 is 0 Å². The van der Waals surface area contributed by atoms with Crippen LogP contribution in [-0.2, 0) is 27.4 Å². The van der Waals surface area contributed by atoms with Crippen LogP contribution >= 0.6 is 11.6 Å². The number of carbonyl (C=O) groups is 1. The van der Waals surface area contributed by atoms with Gasteiger partial charge in [0.25, 0.3) is 0 Å². The number of hydrogen-bond acceptors (Lipinski definition) is 7. The van der Waals surface area contributed by atoms with Crippen LogP contribution in [0.5, 0.6) is 0 Å². The summed E-state index contributed by atoms with van der Waals surface area (Å²) in [5.74, 6) is 1.96. The van der Waals surface area contributed by atoms with E-state index in [-0.39, 0.29) is 0 Å². The van der Waals surface area contributed by atoms with Crippen molar-refractivity contribution in [2.24, 2.45) is 0 Å². The van der Waals surface area contributed by atoms with Crippen LogP contribution in [0.25, 0.3) is 5.69 Å². The standard InChI is InChI=1S/C25H35ClN4O4/c1-6-16(2)32-20-10-7-17(8-11-20)23-28-27-22-15-29(34-24(31)33-25(3,4)5)14-18-13-19(26)9-12-21(18)30(22)23/h9,12-13,16-17,20H,6-8,10-11,14-15H2,1-5H3. The van der Waals surface area contributed by atoms with Crippen molar-refractivity contribution in [3.8, 4) is 5.69 Å². The molecule has 0 amide bonds. The van der Waals surface area contributed by atoms with E-state index in [0.717, 1.165) is 55.0 Å². The first-order chi connectivity index (χ1) is 16.1. The minimum absolute atomic E-state index is 0.290. The van der Waals surface area contributed by atoms with E-state index in [1.165, 1.54) is 0 Å². The molecule has 1 aromatic heterocycles. The number of fused-ring (bicyclic) bond motifs is 3. The predicted octanol–water partition coefficient (Wildman–Crippen LogP) is 5.94. The Kier molecular flexibility index (Phi) is 7.50. The Bertz CT molecular complexity index is 1010. The van der Waals surface area contributed by atoms with E-state index in [0.29, 0.717) is 36.2 Å². The maximum atomic E-state index is 12.3. The largest absolute Gasteiger partial charge is 0.528 e. The van der Waals surface area contributed by atoms with Crippen LogP contribution in [0.2, 0.25) is 5.02 Å². The second-order valence-electron chi connectivity index (χ2n) is 10.3. The van der Waals surface area contributed by atoms with Gasteiger partial charge in [0.05, 0.1) is 31.0 Å². The van der Waals surface area contributed by atoms with Crippen molar-refractivity contribution < 1.29 is 19.1 Å². The summed E-state index contributed by atoms with van der Waals surface area (Å²) in [7, 11) is 0.